The van der Waals surface area contributed by atoms with Gasteiger partial charge in [0.25, 0.3) is 0 Å². The van der Waals surface area contributed by atoms with Gasteiger partial charge in [0.05, 0.1) is 12.6 Å². The van der Waals surface area contributed by atoms with E-state index in [1.165, 1.54) is 11.3 Å². The van der Waals surface area contributed by atoms with Crippen molar-refractivity contribution >= 4 is 21.6 Å². The van der Waals surface area contributed by atoms with Crippen LogP contribution >= 0.6 is 15.9 Å². The Labute approximate surface area is 117 Å². The van der Waals surface area contributed by atoms with E-state index < -0.39 is 0 Å². The Morgan fingerprint density at radius 2 is 2.33 bits per heavy atom. The van der Waals surface area contributed by atoms with Crippen LogP contribution in [-0.2, 0) is 11.2 Å². The molecule has 18 heavy (non-hydrogen) atoms. The molecule has 0 spiro atoms. The highest BCUT2D eigenvalue weighted by Crippen LogP contribution is 2.28. The number of rotatable bonds is 4. The second kappa shape index (κ2) is 6.04. The first-order valence-electron chi connectivity index (χ1n) is 6.42. The Kier molecular flexibility index (Phi) is 4.65. The minimum absolute atomic E-state index is 0.172. The molecule has 2 rings (SSSR count). The molecule has 0 bridgehead atoms. The van der Waals surface area contributed by atoms with Gasteiger partial charge in [0.1, 0.15) is 0 Å². The second-order valence-electron chi connectivity index (χ2n) is 5.08. The van der Waals surface area contributed by atoms with E-state index in [-0.39, 0.29) is 6.04 Å². The Morgan fingerprint density at radius 3 is 2.94 bits per heavy atom. The van der Waals surface area contributed by atoms with Gasteiger partial charge in [-0.15, -0.1) is 0 Å². The third-order valence-electron chi connectivity index (χ3n) is 3.42. The molecule has 3 nitrogen and oxygen atoms in total. The minimum atomic E-state index is 0.172. The normalized spacial score (nSPS) is 21.0. The van der Waals surface area contributed by atoms with Gasteiger partial charge in [-0.2, -0.15) is 0 Å². The van der Waals surface area contributed by atoms with Crippen molar-refractivity contribution in [2.24, 2.45) is 5.73 Å². The molecule has 1 aliphatic heterocycles. The molecule has 1 heterocycles. The van der Waals surface area contributed by atoms with Crippen molar-refractivity contribution in [3.05, 3.63) is 28.2 Å². The van der Waals surface area contributed by atoms with Crippen LogP contribution in [0.1, 0.15) is 18.9 Å². The molecule has 0 aromatic heterocycles. The number of anilines is 1. The van der Waals surface area contributed by atoms with Gasteiger partial charge in [-0.3, -0.25) is 0 Å². The van der Waals surface area contributed by atoms with Gasteiger partial charge in [-0.25, -0.2) is 0 Å². The summed E-state index contributed by atoms with van der Waals surface area (Å²) >= 11 is 3.53. The summed E-state index contributed by atoms with van der Waals surface area (Å²) in [5.74, 6) is 0. The number of nitrogens with zero attached hydrogens (tertiary/aromatic N) is 1. The molecular formula is C14H21BrN2O. The van der Waals surface area contributed by atoms with Crippen LogP contribution in [0.15, 0.2) is 22.7 Å². The van der Waals surface area contributed by atoms with E-state index in [1.807, 2.05) is 6.92 Å². The molecule has 1 saturated heterocycles. The van der Waals surface area contributed by atoms with Crippen LogP contribution in [-0.4, -0.2) is 32.3 Å². The van der Waals surface area contributed by atoms with Crippen LogP contribution in [0.4, 0.5) is 5.69 Å². The molecule has 2 unspecified atom stereocenters. The molecule has 0 saturated carbocycles. The number of benzene rings is 1. The maximum atomic E-state index is 5.94. The van der Waals surface area contributed by atoms with E-state index in [4.69, 9.17) is 10.5 Å². The topological polar surface area (TPSA) is 38.5 Å². The van der Waals surface area contributed by atoms with E-state index in [0.717, 1.165) is 30.5 Å². The molecule has 1 fully saturated rings. The van der Waals surface area contributed by atoms with Crippen molar-refractivity contribution in [2.75, 3.05) is 25.2 Å². The molecular weight excluding hydrogens is 292 g/mol. The van der Waals surface area contributed by atoms with Gasteiger partial charge in [0, 0.05) is 29.9 Å². The van der Waals surface area contributed by atoms with Crippen LogP contribution in [0.2, 0.25) is 0 Å². The highest BCUT2D eigenvalue weighted by molar-refractivity contribution is 9.10. The molecule has 0 radical (unpaired) electrons. The summed E-state index contributed by atoms with van der Waals surface area (Å²) in [4.78, 5) is 2.33. The van der Waals surface area contributed by atoms with Gasteiger partial charge in [0.15, 0.2) is 0 Å². The summed E-state index contributed by atoms with van der Waals surface area (Å²) in [5, 5.41) is 0. The fraction of sp³-hybridized carbons (Fsp3) is 0.571. The van der Waals surface area contributed by atoms with E-state index >= 15 is 0 Å². The summed E-state index contributed by atoms with van der Waals surface area (Å²) in [7, 11) is 2.15. The van der Waals surface area contributed by atoms with Gasteiger partial charge >= 0.3 is 0 Å². The van der Waals surface area contributed by atoms with Gasteiger partial charge in [-0.05, 0) is 43.5 Å². The highest BCUT2D eigenvalue weighted by atomic mass is 79.9. The van der Waals surface area contributed by atoms with Crippen LogP contribution < -0.4 is 10.6 Å². The van der Waals surface area contributed by atoms with E-state index in [9.17, 15) is 0 Å². The first kappa shape index (κ1) is 13.8. The highest BCUT2D eigenvalue weighted by Gasteiger charge is 2.22. The fourth-order valence-electron chi connectivity index (χ4n) is 2.43. The molecule has 2 N–H and O–H groups in total. The minimum Gasteiger partial charge on any atom is -0.379 e. The third kappa shape index (κ3) is 3.25. The molecule has 4 heteroatoms. The molecule has 1 aromatic carbocycles. The maximum Gasteiger partial charge on any atom is 0.0670 e. The number of hydrogen-bond acceptors (Lipinski definition) is 3. The number of halogens is 1. The Balaban J connectivity index is 2.24. The molecule has 100 valence electrons. The predicted molar refractivity (Wildman–Crippen MR) is 79.1 cm³/mol. The summed E-state index contributed by atoms with van der Waals surface area (Å²) in [6.45, 7) is 3.74. The summed E-state index contributed by atoms with van der Waals surface area (Å²) in [6.07, 6.45) is 2.00. The quantitative estimate of drug-likeness (QED) is 0.928. The average molecular weight is 313 g/mol. The molecule has 0 amide bonds. The lowest BCUT2D eigenvalue weighted by atomic mass is 10.0. The number of nitrogens with two attached hydrogens (primary N) is 1. The maximum absolute atomic E-state index is 5.94. The fourth-order valence-corrected chi connectivity index (χ4v) is 2.84. The van der Waals surface area contributed by atoms with Crippen LogP contribution in [0.5, 0.6) is 0 Å². The van der Waals surface area contributed by atoms with Crippen molar-refractivity contribution in [1.29, 1.82) is 0 Å². The molecule has 0 aliphatic carbocycles. The van der Waals surface area contributed by atoms with Crippen molar-refractivity contribution < 1.29 is 4.74 Å². The summed E-state index contributed by atoms with van der Waals surface area (Å²) < 4.78 is 6.58. The Morgan fingerprint density at radius 1 is 1.56 bits per heavy atom. The molecule has 1 aliphatic rings. The zero-order valence-corrected chi connectivity index (χ0v) is 12.6. The van der Waals surface area contributed by atoms with Gasteiger partial charge in [0.2, 0.25) is 0 Å². The van der Waals surface area contributed by atoms with E-state index in [1.54, 1.807) is 0 Å². The third-order valence-corrected chi connectivity index (χ3v) is 3.91. The lowest BCUT2D eigenvalue weighted by Gasteiger charge is -2.28. The lowest BCUT2D eigenvalue weighted by Crippen LogP contribution is -2.33. The Bertz CT molecular complexity index is 403. The number of ether oxygens (including phenoxy) is 1. The molecule has 2 atom stereocenters. The van der Waals surface area contributed by atoms with Crippen molar-refractivity contribution in [1.82, 2.24) is 0 Å². The van der Waals surface area contributed by atoms with Gasteiger partial charge < -0.3 is 15.4 Å². The first-order valence-corrected chi connectivity index (χ1v) is 7.22. The first-order chi connectivity index (χ1) is 8.58. The zero-order chi connectivity index (χ0) is 13.1. The predicted octanol–water partition coefficient (Wildman–Crippen LogP) is 2.56. The largest absolute Gasteiger partial charge is 0.379 e. The van der Waals surface area contributed by atoms with Crippen molar-refractivity contribution in [3.8, 4) is 0 Å². The van der Waals surface area contributed by atoms with Crippen LogP contribution in [0.25, 0.3) is 0 Å². The Hall–Kier alpha value is -0.580. The van der Waals surface area contributed by atoms with Crippen LogP contribution in [0, 0.1) is 0 Å². The summed E-state index contributed by atoms with van der Waals surface area (Å²) in [6, 6.07) is 7.08. The van der Waals surface area contributed by atoms with Crippen LogP contribution in [0.3, 0.4) is 0 Å². The average Bonchev–Trinajstić information content (AvgIpc) is 2.81. The van der Waals surface area contributed by atoms with Crippen molar-refractivity contribution in [3.63, 3.8) is 0 Å². The van der Waals surface area contributed by atoms with E-state index in [0.29, 0.717) is 6.04 Å². The smallest absolute Gasteiger partial charge is 0.0670 e. The summed E-state index contributed by atoms with van der Waals surface area (Å²) in [5.41, 5.74) is 8.51. The monoisotopic (exact) mass is 312 g/mol. The standard InChI is InChI=1S/C14H21BrN2O/c1-10(16)7-11-8-12(15)3-4-14(11)17(2)13-5-6-18-9-13/h3-4,8,10,13H,5-7,9,16H2,1-2H3. The second-order valence-corrected chi connectivity index (χ2v) is 6.00. The number of likely N-dealkylation sites (N-methyl/N-ethyl adjacent to an activating group) is 1. The number of hydrogen-bond donors (Lipinski definition) is 1. The van der Waals surface area contributed by atoms with E-state index in [2.05, 4.69) is 46.1 Å². The van der Waals surface area contributed by atoms with Gasteiger partial charge in [-0.1, -0.05) is 15.9 Å². The van der Waals surface area contributed by atoms with Crippen molar-refractivity contribution in [2.45, 2.75) is 31.8 Å². The lowest BCUT2D eigenvalue weighted by molar-refractivity contribution is 0.193. The SMILES string of the molecule is CC(N)Cc1cc(Br)ccc1N(C)C1CCOC1. The molecule has 1 aromatic rings. The zero-order valence-electron chi connectivity index (χ0n) is 11.0.